The van der Waals surface area contributed by atoms with Gasteiger partial charge in [0.25, 0.3) is 5.91 Å². The number of carbonyl (C=O) groups is 3. The molecule has 0 spiro atoms. The number of anilines is 1. The minimum absolute atomic E-state index is 0. The number of nitrogens with zero attached hydrogens (tertiary/aromatic N) is 1. The second kappa shape index (κ2) is 15.2. The highest BCUT2D eigenvalue weighted by atomic mass is 16.4. The lowest BCUT2D eigenvalue weighted by Gasteiger charge is -2.27. The monoisotopic (exact) mass is 593 g/mol. The van der Waals surface area contributed by atoms with E-state index in [4.69, 9.17) is 5.11 Å². The molecule has 1 aliphatic rings. The van der Waals surface area contributed by atoms with Crippen LogP contribution in [0.4, 0.5) is 10.5 Å². The van der Waals surface area contributed by atoms with Crippen molar-refractivity contribution < 1.29 is 19.5 Å². The van der Waals surface area contributed by atoms with E-state index in [9.17, 15) is 14.4 Å². The third-order valence-corrected chi connectivity index (χ3v) is 8.32. The van der Waals surface area contributed by atoms with E-state index in [0.717, 1.165) is 27.6 Å². The SMILES string of the molecule is C.CC(NC(=O)N(Cc1ccc(C(=O)NCCC(=O)O)cc1)c1ccc(C2CCCCC2)cc1)c1ccc2ccccc2c1. The number of carbonyl (C=O) groups excluding carboxylic acids is 2. The molecule has 1 atom stereocenters. The van der Waals surface area contributed by atoms with Crippen LogP contribution in [0.3, 0.4) is 0 Å². The minimum atomic E-state index is -0.962. The summed E-state index contributed by atoms with van der Waals surface area (Å²) in [4.78, 5) is 38.7. The van der Waals surface area contributed by atoms with Gasteiger partial charge >= 0.3 is 12.0 Å². The van der Waals surface area contributed by atoms with Gasteiger partial charge in [-0.3, -0.25) is 14.5 Å². The van der Waals surface area contributed by atoms with Crippen LogP contribution in [-0.2, 0) is 11.3 Å². The zero-order chi connectivity index (χ0) is 30.2. The first-order valence-corrected chi connectivity index (χ1v) is 15.1. The number of carboxylic acids is 1. The van der Waals surface area contributed by atoms with Crippen LogP contribution in [0.2, 0.25) is 0 Å². The van der Waals surface area contributed by atoms with Gasteiger partial charge in [-0.2, -0.15) is 0 Å². The van der Waals surface area contributed by atoms with Gasteiger partial charge in [-0.1, -0.05) is 87.4 Å². The fourth-order valence-electron chi connectivity index (χ4n) is 5.80. The summed E-state index contributed by atoms with van der Waals surface area (Å²) in [5, 5.41) is 16.9. The lowest BCUT2D eigenvalue weighted by Crippen LogP contribution is -2.40. The van der Waals surface area contributed by atoms with Gasteiger partial charge in [0.1, 0.15) is 0 Å². The highest BCUT2D eigenvalue weighted by Gasteiger charge is 2.21. The van der Waals surface area contributed by atoms with E-state index in [2.05, 4.69) is 53.1 Å². The predicted molar refractivity (Wildman–Crippen MR) is 177 cm³/mol. The summed E-state index contributed by atoms with van der Waals surface area (Å²) in [6, 6.07) is 29.4. The molecule has 0 aromatic heterocycles. The molecule has 0 radical (unpaired) electrons. The lowest BCUT2D eigenvalue weighted by atomic mass is 9.84. The van der Waals surface area contributed by atoms with Crippen molar-refractivity contribution in [3.05, 3.63) is 113 Å². The van der Waals surface area contributed by atoms with Crippen molar-refractivity contribution in [2.45, 2.75) is 71.4 Å². The second-order valence-electron chi connectivity index (χ2n) is 11.4. The lowest BCUT2D eigenvalue weighted by molar-refractivity contribution is -0.136. The quantitative estimate of drug-likeness (QED) is 0.173. The van der Waals surface area contributed by atoms with E-state index < -0.39 is 5.97 Å². The van der Waals surface area contributed by atoms with Crippen LogP contribution in [0.5, 0.6) is 0 Å². The maximum atomic E-state index is 13.8. The highest BCUT2D eigenvalue weighted by Crippen LogP contribution is 2.33. The third kappa shape index (κ3) is 8.25. The van der Waals surface area contributed by atoms with Crippen LogP contribution in [-0.4, -0.2) is 29.6 Å². The Balaban J connectivity index is 0.00000442. The molecule has 4 aromatic rings. The van der Waals surface area contributed by atoms with Crippen LogP contribution in [0, 0.1) is 0 Å². The topological polar surface area (TPSA) is 98.7 Å². The maximum absolute atomic E-state index is 13.8. The normalized spacial score (nSPS) is 13.8. The molecule has 4 aromatic carbocycles. The number of hydrogen-bond acceptors (Lipinski definition) is 3. The Labute approximate surface area is 260 Å². The Hall–Kier alpha value is -4.65. The predicted octanol–water partition coefficient (Wildman–Crippen LogP) is 8.21. The molecule has 44 heavy (non-hydrogen) atoms. The largest absolute Gasteiger partial charge is 0.481 e. The molecule has 0 saturated heterocycles. The Morgan fingerprint density at radius 2 is 1.55 bits per heavy atom. The zero-order valence-corrected chi connectivity index (χ0v) is 24.6. The number of benzene rings is 4. The Morgan fingerprint density at radius 3 is 2.23 bits per heavy atom. The van der Waals surface area contributed by atoms with Crippen molar-refractivity contribution in [2.24, 2.45) is 0 Å². The number of hydrogen-bond donors (Lipinski definition) is 3. The van der Waals surface area contributed by atoms with Crippen molar-refractivity contribution in [2.75, 3.05) is 11.4 Å². The number of aliphatic carboxylic acids is 1. The Kier molecular flexibility index (Phi) is 11.1. The van der Waals surface area contributed by atoms with Gasteiger partial charge in [-0.15, -0.1) is 0 Å². The van der Waals surface area contributed by atoms with E-state index in [0.29, 0.717) is 18.0 Å². The maximum Gasteiger partial charge on any atom is 0.322 e. The molecule has 0 aliphatic heterocycles. The first kappa shape index (κ1) is 32.3. The molecule has 3 N–H and O–H groups in total. The fourth-order valence-corrected chi connectivity index (χ4v) is 5.80. The molecule has 1 saturated carbocycles. The third-order valence-electron chi connectivity index (χ3n) is 8.32. The van der Waals surface area contributed by atoms with Gasteiger partial charge in [0.2, 0.25) is 0 Å². The van der Waals surface area contributed by atoms with Crippen LogP contribution >= 0.6 is 0 Å². The minimum Gasteiger partial charge on any atom is -0.481 e. The molecule has 7 heteroatoms. The molecule has 1 unspecified atom stereocenters. The van der Waals surface area contributed by atoms with E-state index in [1.54, 1.807) is 17.0 Å². The van der Waals surface area contributed by atoms with Crippen LogP contribution < -0.4 is 15.5 Å². The molecular formula is C37H43N3O4. The van der Waals surface area contributed by atoms with Gasteiger partial charge in [-0.25, -0.2) is 4.79 Å². The number of amides is 3. The average Bonchev–Trinajstić information content (AvgIpc) is 3.04. The first-order valence-electron chi connectivity index (χ1n) is 15.1. The van der Waals surface area contributed by atoms with Crippen LogP contribution in [0.15, 0.2) is 91.0 Å². The van der Waals surface area contributed by atoms with Gasteiger partial charge in [0.05, 0.1) is 19.0 Å². The van der Waals surface area contributed by atoms with E-state index in [1.165, 1.54) is 37.7 Å². The average molecular weight is 594 g/mol. The van der Waals surface area contributed by atoms with Crippen molar-refractivity contribution in [1.82, 2.24) is 10.6 Å². The van der Waals surface area contributed by atoms with Crippen molar-refractivity contribution in [1.29, 1.82) is 0 Å². The Morgan fingerprint density at radius 1 is 0.864 bits per heavy atom. The van der Waals surface area contributed by atoms with E-state index >= 15 is 0 Å². The standard InChI is InChI=1S/C36H39N3O4.CH4/c1-25(31-16-15-28-9-5-6-10-32(28)23-31)38-36(43)39(33-19-17-29(18-20-33)27-7-3-2-4-8-27)24-26-11-13-30(14-12-26)35(42)37-22-21-34(40)41;/h5-6,9-20,23,25,27H,2-4,7-8,21-22,24H2,1H3,(H,37,42)(H,38,43)(H,40,41);1H4. The summed E-state index contributed by atoms with van der Waals surface area (Å²) < 4.78 is 0. The number of carboxylic acid groups (broad SMARTS) is 1. The smallest absolute Gasteiger partial charge is 0.322 e. The fraction of sp³-hybridized carbons (Fsp3) is 0.324. The molecule has 230 valence electrons. The molecule has 0 heterocycles. The second-order valence-corrected chi connectivity index (χ2v) is 11.4. The molecule has 3 amide bonds. The molecule has 5 rings (SSSR count). The van der Waals surface area contributed by atoms with E-state index in [1.807, 2.05) is 43.3 Å². The molecule has 0 bridgehead atoms. The van der Waals surface area contributed by atoms with Crippen molar-refractivity contribution >= 4 is 34.4 Å². The van der Waals surface area contributed by atoms with Gasteiger partial charge in [0, 0.05) is 17.8 Å². The number of nitrogens with one attached hydrogen (secondary N) is 2. The van der Waals surface area contributed by atoms with Crippen molar-refractivity contribution in [3.8, 4) is 0 Å². The summed E-state index contributed by atoms with van der Waals surface area (Å²) in [6.45, 7) is 2.38. The first-order chi connectivity index (χ1) is 20.9. The molecule has 7 nitrogen and oxygen atoms in total. The molecular weight excluding hydrogens is 550 g/mol. The summed E-state index contributed by atoms with van der Waals surface area (Å²) >= 11 is 0. The van der Waals surface area contributed by atoms with Gasteiger partial charge in [0.15, 0.2) is 0 Å². The summed E-state index contributed by atoms with van der Waals surface area (Å²) in [7, 11) is 0. The summed E-state index contributed by atoms with van der Waals surface area (Å²) in [6.07, 6.45) is 6.13. The van der Waals surface area contributed by atoms with Crippen LogP contribution in [0.25, 0.3) is 10.8 Å². The summed E-state index contributed by atoms with van der Waals surface area (Å²) in [5.74, 6) is -0.715. The number of fused-ring (bicyclic) bond motifs is 1. The summed E-state index contributed by atoms with van der Waals surface area (Å²) in [5.41, 5.74) is 4.46. The van der Waals surface area contributed by atoms with Gasteiger partial charge in [-0.05, 0) is 83.5 Å². The van der Waals surface area contributed by atoms with Crippen LogP contribution in [0.1, 0.15) is 91.9 Å². The molecule has 1 aliphatic carbocycles. The van der Waals surface area contributed by atoms with Gasteiger partial charge < -0.3 is 15.7 Å². The highest BCUT2D eigenvalue weighted by molar-refractivity contribution is 5.95. The number of rotatable bonds is 10. The van der Waals surface area contributed by atoms with E-state index in [-0.39, 0.29) is 38.4 Å². The zero-order valence-electron chi connectivity index (χ0n) is 24.6. The molecule has 1 fully saturated rings. The Bertz CT molecular complexity index is 1560. The number of urea groups is 1. The van der Waals surface area contributed by atoms with Crippen molar-refractivity contribution in [3.63, 3.8) is 0 Å².